The fourth-order valence-electron chi connectivity index (χ4n) is 4.26. The van der Waals surface area contributed by atoms with Crippen LogP contribution in [0.15, 0.2) is 10.9 Å². The number of rotatable bonds is 4. The minimum absolute atomic E-state index is 0.0795. The molecule has 1 aliphatic carbocycles. The molecule has 6 heteroatoms. The molecule has 2 saturated heterocycles. The van der Waals surface area contributed by atoms with Gasteiger partial charge in [-0.05, 0) is 63.1 Å². The van der Waals surface area contributed by atoms with E-state index >= 15 is 0 Å². The Kier molecular flexibility index (Phi) is 5.48. The molecule has 1 atom stereocenters. The van der Waals surface area contributed by atoms with Crippen LogP contribution in [-0.2, 0) is 28.9 Å². The third-order valence-corrected chi connectivity index (χ3v) is 5.76. The fourth-order valence-corrected chi connectivity index (χ4v) is 4.26. The minimum atomic E-state index is 0.0795. The normalized spacial score (nSPS) is 25.7. The van der Waals surface area contributed by atoms with Gasteiger partial charge in [-0.2, -0.15) is 5.10 Å². The Morgan fingerprint density at radius 2 is 1.96 bits per heavy atom. The summed E-state index contributed by atoms with van der Waals surface area (Å²) in [5.74, 6) is 0.548. The van der Waals surface area contributed by atoms with Crippen LogP contribution in [0.3, 0.4) is 0 Å². The van der Waals surface area contributed by atoms with Crippen molar-refractivity contribution in [2.75, 3.05) is 39.5 Å². The average Bonchev–Trinajstić information content (AvgIpc) is 2.65. The number of piperidine rings is 1. The smallest absolute Gasteiger partial charge is 0.267 e. The summed E-state index contributed by atoms with van der Waals surface area (Å²) in [6, 6.07) is 1.83. The Hall–Kier alpha value is -1.24. The molecule has 0 amide bonds. The van der Waals surface area contributed by atoms with E-state index in [0.29, 0.717) is 19.1 Å². The Labute approximate surface area is 149 Å². The van der Waals surface area contributed by atoms with E-state index < -0.39 is 0 Å². The van der Waals surface area contributed by atoms with Crippen molar-refractivity contribution < 1.29 is 9.47 Å². The molecule has 2 fully saturated rings. The highest BCUT2D eigenvalue weighted by Crippen LogP contribution is 2.21. The third kappa shape index (κ3) is 4.30. The van der Waals surface area contributed by atoms with Gasteiger partial charge in [0, 0.05) is 19.2 Å². The van der Waals surface area contributed by atoms with Crippen molar-refractivity contribution in [3.05, 3.63) is 27.7 Å². The zero-order valence-corrected chi connectivity index (χ0v) is 15.0. The lowest BCUT2D eigenvalue weighted by atomic mass is 9.95. The SMILES string of the molecule is O=c1cc2c(nn1CC1CCN(CC3COCCO3)CC1)CCCC2. The zero-order valence-electron chi connectivity index (χ0n) is 15.0. The van der Waals surface area contributed by atoms with E-state index in [9.17, 15) is 4.79 Å². The number of fused-ring (bicyclic) bond motifs is 1. The highest BCUT2D eigenvalue weighted by Gasteiger charge is 2.24. The molecule has 1 aromatic rings. The number of ether oxygens (including phenoxy) is 2. The highest BCUT2D eigenvalue weighted by molar-refractivity contribution is 5.20. The van der Waals surface area contributed by atoms with Crippen LogP contribution in [0.5, 0.6) is 0 Å². The van der Waals surface area contributed by atoms with E-state index in [2.05, 4.69) is 10.00 Å². The van der Waals surface area contributed by atoms with E-state index in [0.717, 1.165) is 64.2 Å². The summed E-state index contributed by atoms with van der Waals surface area (Å²) >= 11 is 0. The molecular formula is C19H29N3O3. The zero-order chi connectivity index (χ0) is 17.1. The summed E-state index contributed by atoms with van der Waals surface area (Å²) in [6.45, 7) is 6.03. The first kappa shape index (κ1) is 17.2. The van der Waals surface area contributed by atoms with Gasteiger partial charge in [0.15, 0.2) is 0 Å². The molecule has 0 saturated carbocycles. The molecule has 2 aliphatic heterocycles. The first-order valence-electron chi connectivity index (χ1n) is 9.79. The van der Waals surface area contributed by atoms with Crippen molar-refractivity contribution in [2.45, 2.75) is 51.2 Å². The van der Waals surface area contributed by atoms with Crippen LogP contribution in [0.25, 0.3) is 0 Å². The quantitative estimate of drug-likeness (QED) is 0.820. The second kappa shape index (κ2) is 7.98. The molecule has 1 aromatic heterocycles. The predicted molar refractivity (Wildman–Crippen MR) is 94.9 cm³/mol. The van der Waals surface area contributed by atoms with Crippen molar-refractivity contribution in [2.24, 2.45) is 5.92 Å². The summed E-state index contributed by atoms with van der Waals surface area (Å²) < 4.78 is 13.0. The van der Waals surface area contributed by atoms with Crippen LogP contribution in [0.2, 0.25) is 0 Å². The van der Waals surface area contributed by atoms with Crippen LogP contribution >= 0.6 is 0 Å². The van der Waals surface area contributed by atoms with Gasteiger partial charge in [0.05, 0.1) is 31.6 Å². The summed E-state index contributed by atoms with van der Waals surface area (Å²) in [6.07, 6.45) is 6.89. The van der Waals surface area contributed by atoms with E-state index in [1.807, 2.05) is 6.07 Å². The van der Waals surface area contributed by atoms with Crippen molar-refractivity contribution in [3.63, 3.8) is 0 Å². The lowest BCUT2D eigenvalue weighted by Gasteiger charge is -2.35. The molecule has 1 unspecified atom stereocenters. The Morgan fingerprint density at radius 1 is 1.12 bits per heavy atom. The highest BCUT2D eigenvalue weighted by atomic mass is 16.6. The fraction of sp³-hybridized carbons (Fsp3) is 0.789. The van der Waals surface area contributed by atoms with Gasteiger partial charge in [-0.3, -0.25) is 4.79 Å². The minimum Gasteiger partial charge on any atom is -0.376 e. The van der Waals surface area contributed by atoms with Crippen molar-refractivity contribution in [3.8, 4) is 0 Å². The maximum Gasteiger partial charge on any atom is 0.267 e. The standard InChI is InChI=1S/C19H29N3O3/c23-19-11-16-3-1-2-4-18(16)20-22(19)12-15-5-7-21(8-6-15)13-17-14-24-9-10-25-17/h11,15,17H,1-10,12-14H2. The second-order valence-electron chi connectivity index (χ2n) is 7.66. The molecule has 138 valence electrons. The first-order chi connectivity index (χ1) is 12.3. The van der Waals surface area contributed by atoms with Crippen molar-refractivity contribution in [1.82, 2.24) is 14.7 Å². The number of likely N-dealkylation sites (tertiary alicyclic amines) is 1. The number of nitrogens with zero attached hydrogens (tertiary/aromatic N) is 3. The van der Waals surface area contributed by atoms with Crippen molar-refractivity contribution in [1.29, 1.82) is 0 Å². The van der Waals surface area contributed by atoms with Crippen LogP contribution in [0.4, 0.5) is 0 Å². The van der Waals surface area contributed by atoms with Gasteiger partial charge < -0.3 is 14.4 Å². The third-order valence-electron chi connectivity index (χ3n) is 5.76. The Balaban J connectivity index is 1.30. The first-order valence-corrected chi connectivity index (χ1v) is 9.79. The summed E-state index contributed by atoms with van der Waals surface area (Å²) in [5, 5.41) is 4.67. The topological polar surface area (TPSA) is 56.6 Å². The van der Waals surface area contributed by atoms with E-state index in [1.54, 1.807) is 4.68 Å². The van der Waals surface area contributed by atoms with E-state index in [-0.39, 0.29) is 11.7 Å². The molecule has 25 heavy (non-hydrogen) atoms. The summed E-state index contributed by atoms with van der Waals surface area (Å²) in [5.41, 5.74) is 2.41. The van der Waals surface area contributed by atoms with Crippen LogP contribution in [-0.4, -0.2) is 60.2 Å². The number of aryl methyl sites for hydroxylation is 2. The molecule has 3 heterocycles. The summed E-state index contributed by atoms with van der Waals surface area (Å²) in [7, 11) is 0. The monoisotopic (exact) mass is 347 g/mol. The summed E-state index contributed by atoms with van der Waals surface area (Å²) in [4.78, 5) is 14.8. The number of hydrogen-bond acceptors (Lipinski definition) is 5. The molecular weight excluding hydrogens is 318 g/mol. The van der Waals surface area contributed by atoms with Gasteiger partial charge in [0.2, 0.25) is 0 Å². The predicted octanol–water partition coefficient (Wildman–Crippen LogP) is 1.25. The van der Waals surface area contributed by atoms with E-state index in [1.165, 1.54) is 18.4 Å². The average molecular weight is 347 g/mol. The van der Waals surface area contributed by atoms with Crippen LogP contribution in [0.1, 0.15) is 36.9 Å². The molecule has 4 rings (SSSR count). The molecule has 6 nitrogen and oxygen atoms in total. The van der Waals surface area contributed by atoms with Crippen molar-refractivity contribution >= 4 is 0 Å². The van der Waals surface area contributed by atoms with E-state index in [4.69, 9.17) is 9.47 Å². The van der Waals surface area contributed by atoms with Gasteiger partial charge in [-0.1, -0.05) is 0 Å². The maximum absolute atomic E-state index is 12.4. The largest absolute Gasteiger partial charge is 0.376 e. The van der Waals surface area contributed by atoms with Gasteiger partial charge in [0.1, 0.15) is 0 Å². The Morgan fingerprint density at radius 3 is 2.76 bits per heavy atom. The lowest BCUT2D eigenvalue weighted by Crippen LogP contribution is -2.44. The Bertz CT molecular complexity index is 631. The molecule has 0 radical (unpaired) electrons. The van der Waals surface area contributed by atoms with Gasteiger partial charge in [0.25, 0.3) is 5.56 Å². The lowest BCUT2D eigenvalue weighted by molar-refractivity contribution is -0.0994. The van der Waals surface area contributed by atoms with Gasteiger partial charge in [-0.25, -0.2) is 4.68 Å². The number of hydrogen-bond donors (Lipinski definition) is 0. The molecule has 0 N–H and O–H groups in total. The van der Waals surface area contributed by atoms with Gasteiger partial charge >= 0.3 is 0 Å². The molecule has 3 aliphatic rings. The maximum atomic E-state index is 12.4. The molecule has 0 aromatic carbocycles. The van der Waals surface area contributed by atoms with Crippen LogP contribution in [0, 0.1) is 5.92 Å². The van der Waals surface area contributed by atoms with Gasteiger partial charge in [-0.15, -0.1) is 0 Å². The molecule has 0 bridgehead atoms. The van der Waals surface area contributed by atoms with Crippen LogP contribution < -0.4 is 5.56 Å². The number of aromatic nitrogens is 2. The second-order valence-corrected chi connectivity index (χ2v) is 7.66. The molecule has 0 spiro atoms.